The number of nitrogens with two attached hydrogens (primary N) is 1. The molecule has 1 fully saturated rings. The van der Waals surface area contributed by atoms with Crippen molar-refractivity contribution in [1.82, 2.24) is 19.8 Å². The zero-order valence-electron chi connectivity index (χ0n) is 20.6. The molecular weight excluding hydrogens is 495 g/mol. The van der Waals surface area contributed by atoms with Crippen molar-refractivity contribution in [3.8, 4) is 11.8 Å². The van der Waals surface area contributed by atoms with Gasteiger partial charge in [0.1, 0.15) is 11.4 Å². The van der Waals surface area contributed by atoms with E-state index in [0.29, 0.717) is 24.3 Å². The van der Waals surface area contributed by atoms with E-state index in [2.05, 4.69) is 32.0 Å². The Kier molecular flexibility index (Phi) is 8.05. The molecule has 1 saturated heterocycles. The van der Waals surface area contributed by atoms with E-state index in [0.717, 1.165) is 19.2 Å². The highest BCUT2D eigenvalue weighted by Crippen LogP contribution is 2.34. The van der Waals surface area contributed by atoms with Gasteiger partial charge in [-0.05, 0) is 48.9 Å². The number of aromatic nitrogens is 2. The maximum atomic E-state index is 13.9. The van der Waals surface area contributed by atoms with E-state index in [1.165, 1.54) is 36.8 Å². The molecule has 0 radical (unpaired) electrons. The smallest absolute Gasteiger partial charge is 0.397 e. The van der Waals surface area contributed by atoms with E-state index in [9.17, 15) is 18.0 Å². The number of piperazine rings is 1. The molecule has 38 heavy (non-hydrogen) atoms. The number of rotatable bonds is 5. The lowest BCUT2D eigenvalue weighted by Gasteiger charge is -2.33. The van der Waals surface area contributed by atoms with Gasteiger partial charge in [0, 0.05) is 62.6 Å². The number of amides is 1. The summed E-state index contributed by atoms with van der Waals surface area (Å²) >= 11 is 0. The van der Waals surface area contributed by atoms with Gasteiger partial charge in [-0.2, -0.15) is 13.2 Å². The SMILES string of the molecule is CN1CCN(Cc2ccc(NC(=O)c3cncc(C#CC(=N)c4ncccc4N)c3)cc2C(F)(F)F)CC1. The van der Waals surface area contributed by atoms with Crippen LogP contribution in [0.2, 0.25) is 0 Å². The van der Waals surface area contributed by atoms with E-state index in [1.807, 2.05) is 11.9 Å². The van der Waals surface area contributed by atoms with Crippen LogP contribution in [0.25, 0.3) is 0 Å². The van der Waals surface area contributed by atoms with Crippen LogP contribution in [0.4, 0.5) is 24.5 Å². The van der Waals surface area contributed by atoms with Gasteiger partial charge in [0.05, 0.1) is 16.8 Å². The van der Waals surface area contributed by atoms with Crippen LogP contribution < -0.4 is 11.1 Å². The van der Waals surface area contributed by atoms with Crippen LogP contribution in [-0.4, -0.2) is 64.6 Å². The first-order valence-electron chi connectivity index (χ1n) is 11.8. The second kappa shape index (κ2) is 11.4. The number of alkyl halides is 3. The molecule has 4 N–H and O–H groups in total. The van der Waals surface area contributed by atoms with E-state index >= 15 is 0 Å². The second-order valence-corrected chi connectivity index (χ2v) is 8.93. The molecule has 4 rings (SSSR count). The van der Waals surface area contributed by atoms with Crippen molar-refractivity contribution in [2.24, 2.45) is 0 Å². The average molecular weight is 522 g/mol. The lowest BCUT2D eigenvalue weighted by molar-refractivity contribution is -0.138. The average Bonchev–Trinajstić information content (AvgIpc) is 2.89. The number of hydrogen-bond donors (Lipinski definition) is 3. The number of hydrogen-bond acceptors (Lipinski definition) is 7. The van der Waals surface area contributed by atoms with Crippen LogP contribution in [0, 0.1) is 17.3 Å². The number of benzene rings is 1. The Labute approximate surface area is 218 Å². The van der Waals surface area contributed by atoms with Gasteiger partial charge < -0.3 is 16.0 Å². The number of carbonyl (C=O) groups excluding carboxylic acids is 1. The summed E-state index contributed by atoms with van der Waals surface area (Å²) in [5, 5.41) is 10.6. The lowest BCUT2D eigenvalue weighted by atomic mass is 10.0. The molecule has 8 nitrogen and oxygen atoms in total. The summed E-state index contributed by atoms with van der Waals surface area (Å²) in [7, 11) is 1.98. The molecule has 1 amide bonds. The second-order valence-electron chi connectivity index (χ2n) is 8.93. The molecule has 0 atom stereocenters. The third-order valence-corrected chi connectivity index (χ3v) is 6.07. The molecule has 3 heterocycles. The first-order chi connectivity index (χ1) is 18.1. The topological polar surface area (TPSA) is 111 Å². The minimum Gasteiger partial charge on any atom is -0.397 e. The monoisotopic (exact) mass is 521 g/mol. The van der Waals surface area contributed by atoms with Crippen molar-refractivity contribution in [3.05, 3.63) is 82.9 Å². The van der Waals surface area contributed by atoms with Crippen molar-refractivity contribution in [2.45, 2.75) is 12.7 Å². The van der Waals surface area contributed by atoms with Gasteiger partial charge in [-0.3, -0.25) is 25.1 Å². The van der Waals surface area contributed by atoms with Crippen molar-refractivity contribution in [3.63, 3.8) is 0 Å². The highest BCUT2D eigenvalue weighted by atomic mass is 19.4. The van der Waals surface area contributed by atoms with Gasteiger partial charge in [0.25, 0.3) is 5.91 Å². The molecule has 11 heteroatoms. The maximum absolute atomic E-state index is 13.9. The number of likely N-dealkylation sites (N-methyl/N-ethyl adjacent to an activating group) is 1. The van der Waals surface area contributed by atoms with E-state index in [1.54, 1.807) is 12.1 Å². The Morgan fingerprint density at radius 3 is 2.63 bits per heavy atom. The first kappa shape index (κ1) is 26.8. The number of anilines is 2. The van der Waals surface area contributed by atoms with Crippen LogP contribution in [0.5, 0.6) is 0 Å². The fourth-order valence-electron chi connectivity index (χ4n) is 3.96. The Morgan fingerprint density at radius 2 is 1.92 bits per heavy atom. The number of nitrogen functional groups attached to an aromatic ring is 1. The van der Waals surface area contributed by atoms with Crippen molar-refractivity contribution in [2.75, 3.05) is 44.3 Å². The van der Waals surface area contributed by atoms with Crippen LogP contribution in [0.15, 0.2) is 55.0 Å². The minimum atomic E-state index is -4.57. The Hall–Kier alpha value is -4.27. The van der Waals surface area contributed by atoms with Gasteiger partial charge in [-0.15, -0.1) is 0 Å². The third kappa shape index (κ3) is 6.73. The van der Waals surface area contributed by atoms with E-state index in [4.69, 9.17) is 11.1 Å². The normalized spacial score (nSPS) is 14.4. The zero-order chi connectivity index (χ0) is 27.3. The fraction of sp³-hybridized carbons (Fsp3) is 0.259. The van der Waals surface area contributed by atoms with E-state index in [-0.39, 0.29) is 34.8 Å². The number of pyridine rings is 2. The highest BCUT2D eigenvalue weighted by molar-refractivity contribution is 6.12. The maximum Gasteiger partial charge on any atom is 0.416 e. The molecule has 1 aliphatic rings. The summed E-state index contributed by atoms with van der Waals surface area (Å²) in [6.07, 6.45) is -0.374. The van der Waals surface area contributed by atoms with Crippen LogP contribution in [0.3, 0.4) is 0 Å². The number of halogens is 3. The summed E-state index contributed by atoms with van der Waals surface area (Å²) in [6, 6.07) is 8.52. The van der Waals surface area contributed by atoms with Crippen LogP contribution in [-0.2, 0) is 12.7 Å². The van der Waals surface area contributed by atoms with Gasteiger partial charge in [-0.1, -0.05) is 12.0 Å². The molecule has 0 aliphatic carbocycles. The van der Waals surface area contributed by atoms with Gasteiger partial charge in [0.2, 0.25) is 0 Å². The van der Waals surface area contributed by atoms with Crippen molar-refractivity contribution >= 4 is 23.0 Å². The molecule has 3 aromatic rings. The van der Waals surface area contributed by atoms with Crippen LogP contribution >= 0.6 is 0 Å². The summed E-state index contributed by atoms with van der Waals surface area (Å²) in [4.78, 5) is 25.0. The number of nitrogens with one attached hydrogen (secondary N) is 2. The number of nitrogens with zero attached hydrogens (tertiary/aromatic N) is 4. The van der Waals surface area contributed by atoms with Gasteiger partial charge >= 0.3 is 6.18 Å². The molecule has 0 bridgehead atoms. The van der Waals surface area contributed by atoms with Crippen molar-refractivity contribution in [1.29, 1.82) is 5.41 Å². The predicted octanol–water partition coefficient (Wildman–Crippen LogP) is 3.50. The first-order valence-corrected chi connectivity index (χ1v) is 11.8. The summed E-state index contributed by atoms with van der Waals surface area (Å²) in [6.45, 7) is 3.15. The molecular formula is C27H26F3N7O. The number of carbonyl (C=O) groups is 1. The van der Waals surface area contributed by atoms with Crippen molar-refractivity contribution < 1.29 is 18.0 Å². The quantitative estimate of drug-likeness (QED) is 0.350. The fourth-order valence-corrected chi connectivity index (χ4v) is 3.96. The standard InChI is InChI=1S/C27H26F3N7O/c1-36-9-11-37(12-10-36)17-19-5-6-21(14-22(19)27(28,29)30)35-26(38)20-13-18(15-33-16-20)4-7-24(32)25-23(31)3-2-8-34-25/h2-3,5-6,8,13-16,32H,9-12,17,31H2,1H3,(H,35,38). The summed E-state index contributed by atoms with van der Waals surface area (Å²) in [5.41, 5.74) is 6.11. The molecule has 1 aliphatic heterocycles. The Bertz CT molecular complexity index is 1400. The van der Waals surface area contributed by atoms with Gasteiger partial charge in [-0.25, -0.2) is 0 Å². The highest BCUT2D eigenvalue weighted by Gasteiger charge is 2.34. The minimum absolute atomic E-state index is 0.0216. The third-order valence-electron chi connectivity index (χ3n) is 6.07. The predicted molar refractivity (Wildman–Crippen MR) is 139 cm³/mol. The molecule has 2 aromatic heterocycles. The van der Waals surface area contributed by atoms with Gasteiger partial charge in [0.15, 0.2) is 0 Å². The van der Waals surface area contributed by atoms with Crippen LogP contribution in [0.1, 0.15) is 32.7 Å². The summed E-state index contributed by atoms with van der Waals surface area (Å²) < 4.78 is 41.6. The molecule has 0 spiro atoms. The zero-order valence-corrected chi connectivity index (χ0v) is 20.6. The largest absolute Gasteiger partial charge is 0.416 e. The Morgan fingerprint density at radius 1 is 1.16 bits per heavy atom. The molecule has 1 aromatic carbocycles. The lowest BCUT2D eigenvalue weighted by Crippen LogP contribution is -2.44. The Balaban J connectivity index is 1.49. The molecule has 196 valence electrons. The van der Waals surface area contributed by atoms with E-state index < -0.39 is 17.6 Å². The summed E-state index contributed by atoms with van der Waals surface area (Å²) in [5.74, 6) is 4.73. The molecule has 0 unspecified atom stereocenters. The molecule has 0 saturated carbocycles.